The Balaban J connectivity index is 2.14. The summed E-state index contributed by atoms with van der Waals surface area (Å²) in [5.41, 5.74) is 8.44. The van der Waals surface area contributed by atoms with Crippen LogP contribution in [0.1, 0.15) is 17.2 Å². The summed E-state index contributed by atoms with van der Waals surface area (Å²) in [6.07, 6.45) is 3.50. The lowest BCUT2D eigenvalue weighted by Crippen LogP contribution is -2.17. The SMILES string of the molecule is Cc1cccc(C(N)Cn2ccnc2Cl)c1. The third-order valence-corrected chi connectivity index (χ3v) is 2.84. The van der Waals surface area contributed by atoms with Gasteiger partial charge in [-0.25, -0.2) is 4.98 Å². The van der Waals surface area contributed by atoms with Crippen molar-refractivity contribution < 1.29 is 0 Å². The van der Waals surface area contributed by atoms with Crippen LogP contribution in [0.4, 0.5) is 0 Å². The molecule has 1 atom stereocenters. The van der Waals surface area contributed by atoms with Crippen molar-refractivity contribution in [1.29, 1.82) is 0 Å². The number of benzene rings is 1. The number of aryl methyl sites for hydroxylation is 1. The van der Waals surface area contributed by atoms with Gasteiger partial charge in [-0.1, -0.05) is 29.8 Å². The molecule has 2 aromatic rings. The van der Waals surface area contributed by atoms with Crippen molar-refractivity contribution in [2.45, 2.75) is 19.5 Å². The van der Waals surface area contributed by atoms with E-state index >= 15 is 0 Å². The van der Waals surface area contributed by atoms with Crippen LogP contribution in [0.5, 0.6) is 0 Å². The lowest BCUT2D eigenvalue weighted by Gasteiger charge is -2.13. The molecule has 2 N–H and O–H groups in total. The lowest BCUT2D eigenvalue weighted by molar-refractivity contribution is 0.577. The van der Waals surface area contributed by atoms with Crippen LogP contribution < -0.4 is 5.73 Å². The molecule has 1 aromatic heterocycles. The smallest absolute Gasteiger partial charge is 0.202 e. The highest BCUT2D eigenvalue weighted by Gasteiger charge is 2.08. The molecule has 3 nitrogen and oxygen atoms in total. The van der Waals surface area contributed by atoms with E-state index in [0.29, 0.717) is 11.8 Å². The topological polar surface area (TPSA) is 43.8 Å². The third kappa shape index (κ3) is 2.43. The van der Waals surface area contributed by atoms with Gasteiger partial charge in [-0.05, 0) is 24.1 Å². The lowest BCUT2D eigenvalue weighted by atomic mass is 10.1. The summed E-state index contributed by atoms with van der Waals surface area (Å²) in [6, 6.07) is 8.13. The van der Waals surface area contributed by atoms with Gasteiger partial charge >= 0.3 is 0 Å². The van der Waals surface area contributed by atoms with Crippen LogP contribution in [0, 0.1) is 6.92 Å². The Morgan fingerprint density at radius 3 is 2.94 bits per heavy atom. The second-order valence-electron chi connectivity index (χ2n) is 3.87. The van der Waals surface area contributed by atoms with Gasteiger partial charge < -0.3 is 10.3 Å². The van der Waals surface area contributed by atoms with Gasteiger partial charge in [0.2, 0.25) is 5.28 Å². The summed E-state index contributed by atoms with van der Waals surface area (Å²) >= 11 is 5.90. The number of halogens is 1. The zero-order valence-corrected chi connectivity index (χ0v) is 9.85. The molecule has 0 bridgehead atoms. The monoisotopic (exact) mass is 235 g/mol. The average molecular weight is 236 g/mol. The molecule has 0 aliphatic heterocycles. The summed E-state index contributed by atoms with van der Waals surface area (Å²) < 4.78 is 1.84. The minimum Gasteiger partial charge on any atom is -0.322 e. The predicted molar refractivity (Wildman–Crippen MR) is 65.3 cm³/mol. The third-order valence-electron chi connectivity index (χ3n) is 2.53. The van der Waals surface area contributed by atoms with Crippen LogP contribution in [-0.4, -0.2) is 9.55 Å². The van der Waals surface area contributed by atoms with Crippen molar-refractivity contribution in [3.63, 3.8) is 0 Å². The number of nitrogens with zero attached hydrogens (tertiary/aromatic N) is 2. The first-order chi connectivity index (χ1) is 7.66. The molecule has 0 radical (unpaired) electrons. The molecular formula is C12H14ClN3. The Morgan fingerprint density at radius 1 is 1.50 bits per heavy atom. The normalized spacial score (nSPS) is 12.7. The summed E-state index contributed by atoms with van der Waals surface area (Å²) in [6.45, 7) is 2.70. The molecule has 1 heterocycles. The van der Waals surface area contributed by atoms with Gasteiger partial charge in [-0.3, -0.25) is 0 Å². The number of hydrogen-bond donors (Lipinski definition) is 1. The van der Waals surface area contributed by atoms with E-state index in [0.717, 1.165) is 5.56 Å². The Bertz CT molecular complexity index is 479. The van der Waals surface area contributed by atoms with Crippen LogP contribution >= 0.6 is 11.6 Å². The van der Waals surface area contributed by atoms with Gasteiger partial charge in [0.1, 0.15) is 0 Å². The van der Waals surface area contributed by atoms with Gasteiger partial charge in [-0.15, -0.1) is 0 Å². The Morgan fingerprint density at radius 2 is 2.31 bits per heavy atom. The molecule has 0 amide bonds. The number of aromatic nitrogens is 2. The van der Waals surface area contributed by atoms with Gasteiger partial charge in [0.15, 0.2) is 0 Å². The maximum atomic E-state index is 6.12. The van der Waals surface area contributed by atoms with Crippen LogP contribution in [0.3, 0.4) is 0 Å². The van der Waals surface area contributed by atoms with E-state index in [1.54, 1.807) is 6.20 Å². The fourth-order valence-corrected chi connectivity index (χ4v) is 1.85. The van der Waals surface area contributed by atoms with Crippen molar-refractivity contribution >= 4 is 11.6 Å². The van der Waals surface area contributed by atoms with Crippen LogP contribution in [-0.2, 0) is 6.54 Å². The molecule has 0 saturated heterocycles. The van der Waals surface area contributed by atoms with Gasteiger partial charge in [0, 0.05) is 25.0 Å². The largest absolute Gasteiger partial charge is 0.322 e. The van der Waals surface area contributed by atoms with Crippen LogP contribution in [0.15, 0.2) is 36.7 Å². The molecule has 0 aliphatic rings. The summed E-state index contributed by atoms with van der Waals surface area (Å²) in [5, 5.41) is 0.475. The quantitative estimate of drug-likeness (QED) is 0.889. The van der Waals surface area contributed by atoms with E-state index in [4.69, 9.17) is 17.3 Å². The highest BCUT2D eigenvalue weighted by Crippen LogP contribution is 2.16. The highest BCUT2D eigenvalue weighted by atomic mass is 35.5. The molecule has 1 unspecified atom stereocenters. The minimum atomic E-state index is -0.0633. The van der Waals surface area contributed by atoms with Gasteiger partial charge in [-0.2, -0.15) is 0 Å². The van der Waals surface area contributed by atoms with Crippen LogP contribution in [0.2, 0.25) is 5.28 Å². The van der Waals surface area contributed by atoms with E-state index in [1.165, 1.54) is 5.56 Å². The number of nitrogens with two attached hydrogens (primary N) is 1. The summed E-state index contributed by atoms with van der Waals surface area (Å²) in [7, 11) is 0. The van der Waals surface area contributed by atoms with Crippen molar-refractivity contribution in [2.75, 3.05) is 0 Å². The Hall–Kier alpha value is -1.32. The predicted octanol–water partition coefficient (Wildman–Crippen LogP) is 2.54. The molecule has 0 aliphatic carbocycles. The molecule has 0 spiro atoms. The average Bonchev–Trinajstić information content (AvgIpc) is 2.64. The molecule has 1 aromatic carbocycles. The van der Waals surface area contributed by atoms with Gasteiger partial charge in [0.25, 0.3) is 0 Å². The van der Waals surface area contributed by atoms with E-state index in [2.05, 4.69) is 24.0 Å². The number of rotatable bonds is 3. The molecule has 84 valence electrons. The van der Waals surface area contributed by atoms with Crippen molar-refractivity contribution in [3.8, 4) is 0 Å². The molecular weight excluding hydrogens is 222 g/mol. The van der Waals surface area contributed by atoms with Crippen molar-refractivity contribution in [3.05, 3.63) is 53.1 Å². The second kappa shape index (κ2) is 4.68. The standard InChI is InChI=1S/C12H14ClN3/c1-9-3-2-4-10(7-9)11(14)8-16-6-5-15-12(16)13/h2-7,11H,8,14H2,1H3. The van der Waals surface area contributed by atoms with Gasteiger partial charge in [0.05, 0.1) is 0 Å². The Kier molecular flexibility index (Phi) is 3.27. The summed E-state index contributed by atoms with van der Waals surface area (Å²) in [5.74, 6) is 0. The molecule has 16 heavy (non-hydrogen) atoms. The van der Waals surface area contributed by atoms with Crippen LogP contribution in [0.25, 0.3) is 0 Å². The summed E-state index contributed by atoms with van der Waals surface area (Å²) in [4.78, 5) is 3.95. The van der Waals surface area contributed by atoms with Crippen molar-refractivity contribution in [1.82, 2.24) is 9.55 Å². The number of hydrogen-bond acceptors (Lipinski definition) is 2. The molecule has 0 fully saturated rings. The van der Waals surface area contributed by atoms with E-state index in [-0.39, 0.29) is 6.04 Å². The number of imidazole rings is 1. The molecule has 2 rings (SSSR count). The molecule has 0 saturated carbocycles. The Labute approximate surface area is 99.9 Å². The van der Waals surface area contributed by atoms with Crippen molar-refractivity contribution in [2.24, 2.45) is 5.73 Å². The first-order valence-corrected chi connectivity index (χ1v) is 5.53. The maximum absolute atomic E-state index is 6.12. The fraction of sp³-hybridized carbons (Fsp3) is 0.250. The zero-order chi connectivity index (χ0) is 11.5. The first kappa shape index (κ1) is 11.2. The highest BCUT2D eigenvalue weighted by molar-refractivity contribution is 6.28. The fourth-order valence-electron chi connectivity index (χ4n) is 1.67. The van der Waals surface area contributed by atoms with E-state index < -0.39 is 0 Å². The van der Waals surface area contributed by atoms with E-state index in [9.17, 15) is 0 Å². The molecule has 4 heteroatoms. The van der Waals surface area contributed by atoms with E-state index in [1.807, 2.05) is 22.9 Å². The zero-order valence-electron chi connectivity index (χ0n) is 9.10. The minimum absolute atomic E-state index is 0.0633. The first-order valence-electron chi connectivity index (χ1n) is 5.15. The maximum Gasteiger partial charge on any atom is 0.202 e. The second-order valence-corrected chi connectivity index (χ2v) is 4.21.